The first kappa shape index (κ1) is 24.1. The fraction of sp³-hybridized carbons (Fsp3) is 0.286. The van der Waals surface area contributed by atoms with Crippen molar-refractivity contribution in [3.05, 3.63) is 102 Å². The average molecular weight is 490 g/mol. The third-order valence-electron chi connectivity index (χ3n) is 6.49. The van der Waals surface area contributed by atoms with E-state index in [1.165, 1.54) is 12.1 Å². The highest BCUT2D eigenvalue weighted by molar-refractivity contribution is 5.52. The lowest BCUT2D eigenvalue weighted by Crippen LogP contribution is -2.47. The Morgan fingerprint density at radius 3 is 2.25 bits per heavy atom. The van der Waals surface area contributed by atoms with Gasteiger partial charge in [-0.05, 0) is 49.8 Å². The number of aromatic nitrogens is 2. The molecule has 1 fully saturated rings. The van der Waals surface area contributed by atoms with Crippen molar-refractivity contribution in [1.29, 1.82) is 0 Å². The van der Waals surface area contributed by atoms with Gasteiger partial charge in [-0.1, -0.05) is 48.5 Å². The van der Waals surface area contributed by atoms with E-state index in [4.69, 9.17) is 4.42 Å². The van der Waals surface area contributed by atoms with E-state index in [1.54, 1.807) is 24.3 Å². The highest BCUT2D eigenvalue weighted by Gasteiger charge is 2.24. The maximum absolute atomic E-state index is 14.7. The lowest BCUT2D eigenvalue weighted by Gasteiger charge is -2.36. The van der Waals surface area contributed by atoms with Crippen LogP contribution in [0.1, 0.15) is 23.9 Å². The first-order valence-electron chi connectivity index (χ1n) is 12.3. The molecule has 1 N–H and O–H groups in total. The molecule has 1 saturated heterocycles. The van der Waals surface area contributed by atoms with Crippen LogP contribution in [0.2, 0.25) is 0 Å². The van der Waals surface area contributed by atoms with Gasteiger partial charge in [0.1, 0.15) is 17.7 Å². The zero-order chi connectivity index (χ0) is 24.7. The quantitative estimate of drug-likeness (QED) is 0.338. The Labute approximate surface area is 209 Å². The summed E-state index contributed by atoms with van der Waals surface area (Å²) in [5.41, 5.74) is 1.96. The zero-order valence-electron chi connectivity index (χ0n) is 20.0. The van der Waals surface area contributed by atoms with Gasteiger partial charge >= 0.3 is 0 Å². The summed E-state index contributed by atoms with van der Waals surface area (Å²) in [6.07, 6.45) is 0.865. The first-order chi connectivity index (χ1) is 17.7. The molecule has 0 saturated carbocycles. The number of nitrogens with one attached hydrogen (secondary N) is 1. The van der Waals surface area contributed by atoms with Crippen molar-refractivity contribution >= 4 is 5.69 Å². The molecule has 36 heavy (non-hydrogen) atoms. The van der Waals surface area contributed by atoms with Crippen LogP contribution in [0.4, 0.5) is 14.5 Å². The second-order valence-electron chi connectivity index (χ2n) is 8.85. The lowest BCUT2D eigenvalue weighted by atomic mass is 10.1. The lowest BCUT2D eigenvalue weighted by molar-refractivity contribution is 0.252. The highest BCUT2D eigenvalue weighted by atomic mass is 19.1. The molecule has 1 aliphatic heterocycles. The zero-order valence-corrected chi connectivity index (χ0v) is 20.0. The third kappa shape index (κ3) is 5.61. The molecule has 8 heteroatoms. The Balaban J connectivity index is 1.18. The van der Waals surface area contributed by atoms with Crippen molar-refractivity contribution < 1.29 is 13.2 Å². The number of hydrogen-bond acceptors (Lipinski definition) is 6. The predicted octanol–water partition coefficient (Wildman–Crippen LogP) is 4.91. The van der Waals surface area contributed by atoms with Gasteiger partial charge in [-0.25, -0.2) is 8.78 Å². The van der Waals surface area contributed by atoms with Crippen LogP contribution in [0.5, 0.6) is 0 Å². The number of nitrogens with zero attached hydrogens (tertiary/aromatic N) is 4. The van der Waals surface area contributed by atoms with Crippen molar-refractivity contribution in [2.24, 2.45) is 0 Å². The molecule has 1 aromatic heterocycles. The van der Waals surface area contributed by atoms with Crippen LogP contribution in [0.3, 0.4) is 0 Å². The van der Waals surface area contributed by atoms with E-state index < -0.39 is 6.04 Å². The fourth-order valence-electron chi connectivity index (χ4n) is 4.56. The Morgan fingerprint density at radius 1 is 0.806 bits per heavy atom. The predicted molar refractivity (Wildman–Crippen MR) is 136 cm³/mol. The summed E-state index contributed by atoms with van der Waals surface area (Å²) in [6, 6.07) is 22.5. The normalized spacial score (nSPS) is 15.2. The molecule has 0 bridgehead atoms. The summed E-state index contributed by atoms with van der Waals surface area (Å²) in [6.45, 7) is 4.86. The summed E-state index contributed by atoms with van der Waals surface area (Å²) in [5.74, 6) is 0.239. The van der Waals surface area contributed by atoms with Crippen LogP contribution in [0.15, 0.2) is 83.3 Å². The minimum absolute atomic E-state index is 0.175. The van der Waals surface area contributed by atoms with Gasteiger partial charge in [0, 0.05) is 37.3 Å². The molecular weight excluding hydrogens is 460 g/mol. The minimum Gasteiger partial charge on any atom is -0.419 e. The van der Waals surface area contributed by atoms with Gasteiger partial charge in [0.15, 0.2) is 0 Å². The largest absolute Gasteiger partial charge is 0.419 e. The molecule has 2 heterocycles. The van der Waals surface area contributed by atoms with E-state index in [-0.39, 0.29) is 11.6 Å². The van der Waals surface area contributed by atoms with Gasteiger partial charge in [0.05, 0.1) is 5.69 Å². The van der Waals surface area contributed by atoms with Crippen molar-refractivity contribution in [1.82, 2.24) is 20.4 Å². The summed E-state index contributed by atoms with van der Waals surface area (Å²) in [5, 5.41) is 11.8. The van der Waals surface area contributed by atoms with Crippen LogP contribution in [-0.2, 0) is 0 Å². The molecule has 0 radical (unpaired) electrons. The number of hydrogen-bond donors (Lipinski definition) is 1. The van der Waals surface area contributed by atoms with Gasteiger partial charge in [-0.2, -0.15) is 0 Å². The molecule has 0 amide bonds. The maximum atomic E-state index is 14.7. The first-order valence-corrected chi connectivity index (χ1v) is 12.3. The summed E-state index contributed by atoms with van der Waals surface area (Å²) < 4.78 is 34.7. The topological polar surface area (TPSA) is 57.4 Å². The molecule has 1 aliphatic rings. The standard InChI is InChI=1S/C28H29F2N5O/c29-23-12-5-4-11-22(23)26(28-33-32-27(36-28)21-9-2-1-3-10-21)31-15-8-16-34-17-19-35(20-18-34)25-14-7-6-13-24(25)30/h1-7,9-14,26,31H,8,15-20H2/t26-/m0/s1. The van der Waals surface area contributed by atoms with Crippen LogP contribution >= 0.6 is 0 Å². The van der Waals surface area contributed by atoms with Gasteiger partial charge < -0.3 is 14.6 Å². The molecular formula is C28H29F2N5O. The number of halogens is 2. The number of benzene rings is 3. The van der Waals surface area contributed by atoms with Crippen LogP contribution in [0.25, 0.3) is 11.5 Å². The van der Waals surface area contributed by atoms with E-state index in [9.17, 15) is 8.78 Å². The maximum Gasteiger partial charge on any atom is 0.247 e. The number of piperazine rings is 1. The number of rotatable bonds is 9. The SMILES string of the molecule is Fc1ccccc1[C@H](NCCCN1CCN(c2ccccc2F)CC1)c1nnc(-c2ccccc2)o1. The molecule has 0 unspecified atom stereocenters. The van der Waals surface area contributed by atoms with Gasteiger partial charge in [0.25, 0.3) is 0 Å². The van der Waals surface area contributed by atoms with E-state index in [2.05, 4.69) is 25.3 Å². The minimum atomic E-state index is -0.547. The van der Waals surface area contributed by atoms with Crippen molar-refractivity contribution in [3.8, 4) is 11.5 Å². The Kier molecular flexibility index (Phi) is 7.64. The second kappa shape index (κ2) is 11.4. The van der Waals surface area contributed by atoms with E-state index in [0.717, 1.165) is 44.7 Å². The van der Waals surface area contributed by atoms with Crippen molar-refractivity contribution in [3.63, 3.8) is 0 Å². The average Bonchev–Trinajstić information content (AvgIpc) is 3.41. The van der Waals surface area contributed by atoms with E-state index in [1.807, 2.05) is 42.5 Å². The summed E-state index contributed by atoms with van der Waals surface area (Å²) in [4.78, 5) is 4.47. The Morgan fingerprint density at radius 2 is 1.50 bits per heavy atom. The van der Waals surface area contributed by atoms with Crippen molar-refractivity contribution in [2.45, 2.75) is 12.5 Å². The summed E-state index contributed by atoms with van der Waals surface area (Å²) >= 11 is 0. The molecule has 6 nitrogen and oxygen atoms in total. The van der Waals surface area contributed by atoms with Crippen LogP contribution in [0, 0.1) is 11.6 Å². The van der Waals surface area contributed by atoms with Crippen LogP contribution in [-0.4, -0.2) is 54.4 Å². The highest BCUT2D eigenvalue weighted by Crippen LogP contribution is 2.27. The molecule has 0 spiro atoms. The van der Waals surface area contributed by atoms with E-state index in [0.29, 0.717) is 29.6 Å². The third-order valence-corrected chi connectivity index (χ3v) is 6.49. The molecule has 0 aliphatic carbocycles. The molecule has 186 valence electrons. The number of para-hydroxylation sites is 1. The molecule has 3 aromatic carbocycles. The Bertz CT molecular complexity index is 1260. The molecule has 5 rings (SSSR count). The van der Waals surface area contributed by atoms with Crippen molar-refractivity contribution in [2.75, 3.05) is 44.2 Å². The second-order valence-corrected chi connectivity index (χ2v) is 8.85. The number of anilines is 1. The van der Waals surface area contributed by atoms with Gasteiger partial charge in [0.2, 0.25) is 11.8 Å². The fourth-order valence-corrected chi connectivity index (χ4v) is 4.56. The summed E-state index contributed by atoms with van der Waals surface area (Å²) in [7, 11) is 0. The van der Waals surface area contributed by atoms with E-state index >= 15 is 0 Å². The smallest absolute Gasteiger partial charge is 0.247 e. The van der Waals surface area contributed by atoms with Crippen LogP contribution < -0.4 is 10.2 Å². The molecule has 4 aromatic rings. The Hall–Kier alpha value is -3.62. The monoisotopic (exact) mass is 489 g/mol. The van der Waals surface area contributed by atoms with Gasteiger partial charge in [-0.3, -0.25) is 4.90 Å². The molecule has 1 atom stereocenters. The van der Waals surface area contributed by atoms with Gasteiger partial charge in [-0.15, -0.1) is 10.2 Å².